The van der Waals surface area contributed by atoms with Crippen molar-refractivity contribution in [2.24, 2.45) is 0 Å². The smallest absolute Gasteiger partial charge is 0.261 e. The Morgan fingerprint density at radius 2 is 1.93 bits per heavy atom. The molecule has 0 saturated carbocycles. The molecule has 1 aliphatic rings. The van der Waals surface area contributed by atoms with E-state index in [1.165, 1.54) is 35.1 Å². The molecule has 0 aliphatic heterocycles. The Morgan fingerprint density at radius 1 is 1.14 bits per heavy atom. The Morgan fingerprint density at radius 3 is 2.71 bits per heavy atom. The maximum atomic E-state index is 12.5. The number of thioether (sulfide) groups is 1. The molecule has 2 aromatic rings. The van der Waals surface area contributed by atoms with Gasteiger partial charge in [0.25, 0.3) is 5.91 Å². The first kappa shape index (κ1) is 20.8. The number of benzene rings is 2. The van der Waals surface area contributed by atoms with Crippen LogP contribution < -0.4 is 10.1 Å². The van der Waals surface area contributed by atoms with Gasteiger partial charge in [-0.1, -0.05) is 37.3 Å². The van der Waals surface area contributed by atoms with Crippen molar-refractivity contribution in [3.8, 4) is 5.75 Å². The lowest BCUT2D eigenvalue weighted by molar-refractivity contribution is -0.127. The maximum Gasteiger partial charge on any atom is 0.261 e. The molecule has 0 radical (unpaired) electrons. The normalized spacial score (nSPS) is 14.2. The van der Waals surface area contributed by atoms with Crippen molar-refractivity contribution < 1.29 is 9.53 Å². The molecule has 150 valence electrons. The van der Waals surface area contributed by atoms with E-state index in [9.17, 15) is 4.79 Å². The fourth-order valence-corrected chi connectivity index (χ4v) is 4.52. The maximum absolute atomic E-state index is 12.5. The topological polar surface area (TPSA) is 38.3 Å². The van der Waals surface area contributed by atoms with Crippen LogP contribution in [0.25, 0.3) is 0 Å². The highest BCUT2D eigenvalue weighted by Gasteiger charge is 2.19. The lowest BCUT2D eigenvalue weighted by atomic mass is 9.92. The van der Waals surface area contributed by atoms with Gasteiger partial charge in [-0.2, -0.15) is 11.8 Å². The minimum Gasteiger partial charge on any atom is -0.481 e. The molecule has 0 heterocycles. The molecular weight excluding hydrogens is 366 g/mol. The van der Waals surface area contributed by atoms with Gasteiger partial charge in [0.1, 0.15) is 5.75 Å². The number of hydrogen-bond donors (Lipinski definition) is 1. The number of ether oxygens (including phenoxy) is 1. The minimum atomic E-state index is -0.428. The first-order valence-corrected chi connectivity index (χ1v) is 11.5. The van der Waals surface area contributed by atoms with Gasteiger partial charge in [-0.3, -0.25) is 4.79 Å². The fraction of sp³-hybridized carbons (Fsp3) is 0.458. The second-order valence-electron chi connectivity index (χ2n) is 7.42. The quantitative estimate of drug-likeness (QED) is 0.600. The molecule has 1 atom stereocenters. The molecular formula is C24H31NO2S. The number of hydrogen-bond acceptors (Lipinski definition) is 3. The molecule has 0 aromatic heterocycles. The molecule has 1 aliphatic carbocycles. The number of aryl methyl sites for hydroxylation is 3. The third-order valence-electron chi connectivity index (χ3n) is 5.33. The molecule has 4 heteroatoms. The van der Waals surface area contributed by atoms with Crippen LogP contribution in [0.1, 0.15) is 48.4 Å². The molecule has 28 heavy (non-hydrogen) atoms. The third kappa shape index (κ3) is 5.78. The van der Waals surface area contributed by atoms with Crippen molar-refractivity contribution in [1.82, 2.24) is 5.32 Å². The molecule has 3 rings (SSSR count). The van der Waals surface area contributed by atoms with Crippen LogP contribution in [0.15, 0.2) is 42.5 Å². The summed E-state index contributed by atoms with van der Waals surface area (Å²) in [6, 6.07) is 14.8. The van der Waals surface area contributed by atoms with Gasteiger partial charge in [-0.05, 0) is 73.4 Å². The van der Waals surface area contributed by atoms with Crippen LogP contribution in [-0.4, -0.2) is 24.3 Å². The predicted molar refractivity (Wildman–Crippen MR) is 118 cm³/mol. The van der Waals surface area contributed by atoms with Crippen LogP contribution in [0.2, 0.25) is 0 Å². The van der Waals surface area contributed by atoms with Gasteiger partial charge < -0.3 is 10.1 Å². The van der Waals surface area contributed by atoms with E-state index < -0.39 is 6.10 Å². The lowest BCUT2D eigenvalue weighted by Crippen LogP contribution is -2.39. The van der Waals surface area contributed by atoms with Crippen LogP contribution in [0.3, 0.4) is 0 Å². The van der Waals surface area contributed by atoms with Crippen LogP contribution >= 0.6 is 11.8 Å². The zero-order valence-corrected chi connectivity index (χ0v) is 17.8. The Bertz CT molecular complexity index is 790. The predicted octanol–water partition coefficient (Wildman–Crippen LogP) is 5.08. The van der Waals surface area contributed by atoms with Gasteiger partial charge in [0, 0.05) is 18.1 Å². The van der Waals surface area contributed by atoms with Gasteiger partial charge >= 0.3 is 0 Å². The molecule has 2 aromatic carbocycles. The van der Waals surface area contributed by atoms with Crippen LogP contribution in [0.5, 0.6) is 5.75 Å². The fourth-order valence-electron chi connectivity index (χ4n) is 3.58. The van der Waals surface area contributed by atoms with E-state index in [4.69, 9.17) is 4.74 Å². The number of carbonyl (C=O) groups is 1. The first-order valence-electron chi connectivity index (χ1n) is 10.4. The van der Waals surface area contributed by atoms with Crippen LogP contribution in [0.4, 0.5) is 0 Å². The standard InChI is InChI=1S/C24H31NO2S/c1-3-23(27-22-13-12-19-9-6-7-10-20(19)16-22)24(26)25-14-15-28-17-21-11-5-4-8-18(21)2/h4-5,8,11-13,16,23H,3,6-7,9-10,14-15,17H2,1-2H3,(H,25,26). The van der Waals surface area contributed by atoms with Crippen molar-refractivity contribution in [3.63, 3.8) is 0 Å². The van der Waals surface area contributed by atoms with Gasteiger partial charge in [-0.25, -0.2) is 0 Å². The minimum absolute atomic E-state index is 0.0169. The van der Waals surface area contributed by atoms with Crippen LogP contribution in [0, 0.1) is 6.92 Å². The third-order valence-corrected chi connectivity index (χ3v) is 6.33. The Kier molecular flexibility index (Phi) is 7.84. The van der Waals surface area contributed by atoms with Crippen molar-refractivity contribution in [2.75, 3.05) is 12.3 Å². The Balaban J connectivity index is 1.43. The summed E-state index contributed by atoms with van der Waals surface area (Å²) in [4.78, 5) is 12.5. The highest BCUT2D eigenvalue weighted by molar-refractivity contribution is 7.98. The van der Waals surface area contributed by atoms with Crippen molar-refractivity contribution in [2.45, 2.75) is 57.8 Å². The van der Waals surface area contributed by atoms with Gasteiger partial charge in [0.05, 0.1) is 0 Å². The summed E-state index contributed by atoms with van der Waals surface area (Å²) in [6.07, 6.45) is 5.03. The zero-order chi connectivity index (χ0) is 19.8. The number of fused-ring (bicyclic) bond motifs is 1. The van der Waals surface area contributed by atoms with E-state index in [2.05, 4.69) is 48.6 Å². The number of rotatable bonds is 9. The molecule has 1 amide bonds. The van der Waals surface area contributed by atoms with Gasteiger partial charge in [0.2, 0.25) is 0 Å². The summed E-state index contributed by atoms with van der Waals surface area (Å²) in [5.74, 6) is 2.68. The second-order valence-corrected chi connectivity index (χ2v) is 8.53. The van der Waals surface area contributed by atoms with Crippen molar-refractivity contribution >= 4 is 17.7 Å². The van der Waals surface area contributed by atoms with Crippen molar-refractivity contribution in [3.05, 3.63) is 64.7 Å². The monoisotopic (exact) mass is 397 g/mol. The largest absolute Gasteiger partial charge is 0.481 e. The first-order chi connectivity index (χ1) is 13.7. The highest BCUT2D eigenvalue weighted by Crippen LogP contribution is 2.26. The summed E-state index contributed by atoms with van der Waals surface area (Å²) in [6.45, 7) is 4.80. The number of amides is 1. The molecule has 0 spiro atoms. The van der Waals surface area contributed by atoms with Crippen LogP contribution in [-0.2, 0) is 23.4 Å². The molecule has 1 unspecified atom stereocenters. The SMILES string of the molecule is CCC(Oc1ccc2c(c1)CCCC2)C(=O)NCCSCc1ccccc1C. The second kappa shape index (κ2) is 10.6. The van der Waals surface area contributed by atoms with Gasteiger partial charge in [-0.15, -0.1) is 0 Å². The molecule has 0 bridgehead atoms. The number of carbonyl (C=O) groups excluding carboxylic acids is 1. The van der Waals surface area contributed by atoms with E-state index >= 15 is 0 Å². The van der Waals surface area contributed by atoms with Crippen molar-refractivity contribution in [1.29, 1.82) is 0 Å². The average molecular weight is 398 g/mol. The summed E-state index contributed by atoms with van der Waals surface area (Å²) >= 11 is 1.85. The molecule has 1 N–H and O–H groups in total. The summed E-state index contributed by atoms with van der Waals surface area (Å²) in [5, 5.41) is 3.03. The van der Waals surface area contributed by atoms with Gasteiger partial charge in [0.15, 0.2) is 6.10 Å². The Labute approximate surface area is 173 Å². The van der Waals surface area contributed by atoms with E-state index in [0.717, 1.165) is 30.1 Å². The summed E-state index contributed by atoms with van der Waals surface area (Å²) in [5.41, 5.74) is 5.50. The molecule has 0 saturated heterocycles. The van der Waals surface area contributed by atoms with E-state index in [-0.39, 0.29) is 5.91 Å². The average Bonchev–Trinajstić information content (AvgIpc) is 2.72. The Hall–Kier alpha value is -1.94. The highest BCUT2D eigenvalue weighted by atomic mass is 32.2. The molecule has 3 nitrogen and oxygen atoms in total. The van der Waals surface area contributed by atoms with E-state index in [1.807, 2.05) is 24.8 Å². The van der Waals surface area contributed by atoms with E-state index in [0.29, 0.717) is 13.0 Å². The summed E-state index contributed by atoms with van der Waals surface area (Å²) in [7, 11) is 0. The van der Waals surface area contributed by atoms with E-state index in [1.54, 1.807) is 0 Å². The zero-order valence-electron chi connectivity index (χ0n) is 17.0. The lowest BCUT2D eigenvalue weighted by Gasteiger charge is -2.20. The molecule has 0 fully saturated rings. The number of nitrogens with one attached hydrogen (secondary N) is 1. The summed E-state index contributed by atoms with van der Waals surface area (Å²) < 4.78 is 6.01.